The van der Waals surface area contributed by atoms with E-state index in [0.29, 0.717) is 17.7 Å². The largest absolute Gasteiger partial charge is 0.508 e. The van der Waals surface area contributed by atoms with Crippen LogP contribution in [-0.2, 0) is 0 Å². The maximum Gasteiger partial charge on any atom is 0.115 e. The fraction of sp³-hybridized carbons (Fsp3) is 0.400. The maximum absolute atomic E-state index is 9.39. The number of phenolic OH excluding ortho intramolecular Hbond substituents is 1. The zero-order chi connectivity index (χ0) is 15.9. The molecule has 0 saturated heterocycles. The molecule has 0 atom stereocenters. The standard InChI is InChI=1S/C20H25NOS/c22-19-12-8-17(9-13-19)16-6-10-18(11-7-16)21-14-15-23-20-4-2-1-3-5-20/h1-5,8-9,12-13,16,18,21-22H,6-7,10-11,14-15H2. The molecule has 3 rings (SSSR count). The lowest BCUT2D eigenvalue weighted by Crippen LogP contribution is -2.34. The Balaban J connectivity index is 1.35. The highest BCUT2D eigenvalue weighted by Gasteiger charge is 2.21. The van der Waals surface area contributed by atoms with Gasteiger partial charge in [0.1, 0.15) is 5.75 Å². The van der Waals surface area contributed by atoms with E-state index in [1.165, 1.54) is 36.1 Å². The van der Waals surface area contributed by atoms with Crippen molar-refractivity contribution in [3.63, 3.8) is 0 Å². The Morgan fingerprint density at radius 1 is 0.913 bits per heavy atom. The van der Waals surface area contributed by atoms with Crippen LogP contribution in [-0.4, -0.2) is 23.4 Å². The van der Waals surface area contributed by atoms with Gasteiger partial charge in [0.15, 0.2) is 0 Å². The SMILES string of the molecule is Oc1ccc(C2CCC(NCCSc3ccccc3)CC2)cc1. The zero-order valence-corrected chi connectivity index (χ0v) is 14.3. The topological polar surface area (TPSA) is 32.3 Å². The second kappa shape index (κ2) is 8.42. The molecule has 0 bridgehead atoms. The number of nitrogens with one attached hydrogen (secondary N) is 1. The van der Waals surface area contributed by atoms with Crippen LogP contribution in [0.15, 0.2) is 59.5 Å². The van der Waals surface area contributed by atoms with Gasteiger partial charge in [0.25, 0.3) is 0 Å². The lowest BCUT2D eigenvalue weighted by atomic mass is 9.82. The Kier molecular flexibility index (Phi) is 6.00. The van der Waals surface area contributed by atoms with Gasteiger partial charge in [0.05, 0.1) is 0 Å². The molecule has 1 fully saturated rings. The summed E-state index contributed by atoms with van der Waals surface area (Å²) in [4.78, 5) is 1.35. The highest BCUT2D eigenvalue weighted by molar-refractivity contribution is 7.99. The monoisotopic (exact) mass is 327 g/mol. The van der Waals surface area contributed by atoms with Crippen molar-refractivity contribution in [1.82, 2.24) is 5.32 Å². The number of hydrogen-bond donors (Lipinski definition) is 2. The number of benzene rings is 2. The number of hydrogen-bond acceptors (Lipinski definition) is 3. The Hall–Kier alpha value is -1.45. The quantitative estimate of drug-likeness (QED) is 0.590. The molecule has 2 N–H and O–H groups in total. The Bertz CT molecular complexity index is 576. The van der Waals surface area contributed by atoms with Gasteiger partial charge >= 0.3 is 0 Å². The zero-order valence-electron chi connectivity index (χ0n) is 13.4. The van der Waals surface area contributed by atoms with Crippen LogP contribution < -0.4 is 5.32 Å². The first-order valence-corrected chi connectivity index (χ1v) is 9.50. The molecule has 2 aromatic rings. The Morgan fingerprint density at radius 3 is 2.30 bits per heavy atom. The van der Waals surface area contributed by atoms with Crippen LogP contribution in [0, 0.1) is 0 Å². The predicted molar refractivity (Wildman–Crippen MR) is 98.3 cm³/mol. The lowest BCUT2D eigenvalue weighted by molar-refractivity contribution is 0.348. The van der Waals surface area contributed by atoms with Crippen molar-refractivity contribution >= 4 is 11.8 Å². The molecule has 0 heterocycles. The van der Waals surface area contributed by atoms with Crippen molar-refractivity contribution in [3.05, 3.63) is 60.2 Å². The van der Waals surface area contributed by atoms with Gasteiger partial charge in [-0.3, -0.25) is 0 Å². The van der Waals surface area contributed by atoms with Crippen molar-refractivity contribution in [2.45, 2.75) is 42.5 Å². The summed E-state index contributed by atoms with van der Waals surface area (Å²) >= 11 is 1.92. The van der Waals surface area contributed by atoms with Gasteiger partial charge in [-0.15, -0.1) is 11.8 Å². The van der Waals surface area contributed by atoms with Gasteiger partial charge in [-0.25, -0.2) is 0 Å². The lowest BCUT2D eigenvalue weighted by Gasteiger charge is -2.29. The first kappa shape index (κ1) is 16.4. The molecule has 1 aliphatic carbocycles. The first-order valence-electron chi connectivity index (χ1n) is 8.51. The summed E-state index contributed by atoms with van der Waals surface area (Å²) in [6.45, 7) is 1.08. The molecule has 2 nitrogen and oxygen atoms in total. The Morgan fingerprint density at radius 2 is 1.61 bits per heavy atom. The summed E-state index contributed by atoms with van der Waals surface area (Å²) < 4.78 is 0. The van der Waals surface area contributed by atoms with Crippen molar-refractivity contribution in [3.8, 4) is 5.75 Å². The van der Waals surface area contributed by atoms with Crippen LogP contribution in [0.25, 0.3) is 0 Å². The third kappa shape index (κ3) is 5.02. The fourth-order valence-electron chi connectivity index (χ4n) is 3.33. The molecule has 0 unspecified atom stereocenters. The average Bonchev–Trinajstić information content (AvgIpc) is 2.61. The summed E-state index contributed by atoms with van der Waals surface area (Å²) in [6, 6.07) is 19.0. The number of phenols is 1. The van der Waals surface area contributed by atoms with Crippen LogP contribution >= 0.6 is 11.8 Å². The summed E-state index contributed by atoms with van der Waals surface area (Å²) in [7, 11) is 0. The van der Waals surface area contributed by atoms with E-state index in [1.807, 2.05) is 11.8 Å². The molecular formula is C20H25NOS. The second-order valence-electron chi connectivity index (χ2n) is 6.26. The number of thioether (sulfide) groups is 1. The molecule has 0 aliphatic heterocycles. The van der Waals surface area contributed by atoms with Gasteiger partial charge in [-0.05, 0) is 61.4 Å². The van der Waals surface area contributed by atoms with Gasteiger partial charge in [-0.1, -0.05) is 30.3 Å². The third-order valence-electron chi connectivity index (χ3n) is 4.64. The fourth-order valence-corrected chi connectivity index (χ4v) is 4.13. The van der Waals surface area contributed by atoms with Crippen LogP contribution in [0.2, 0.25) is 0 Å². The molecule has 3 heteroatoms. The van der Waals surface area contributed by atoms with Crippen LogP contribution in [0.4, 0.5) is 0 Å². The predicted octanol–water partition coefficient (Wildman–Crippen LogP) is 4.80. The van der Waals surface area contributed by atoms with Gasteiger partial charge in [0, 0.05) is 23.2 Å². The first-order chi connectivity index (χ1) is 11.3. The number of rotatable bonds is 6. The minimum Gasteiger partial charge on any atom is -0.508 e. The van der Waals surface area contributed by atoms with Crippen LogP contribution in [0.1, 0.15) is 37.2 Å². The second-order valence-corrected chi connectivity index (χ2v) is 7.42. The van der Waals surface area contributed by atoms with Gasteiger partial charge in [-0.2, -0.15) is 0 Å². The van der Waals surface area contributed by atoms with E-state index < -0.39 is 0 Å². The van der Waals surface area contributed by atoms with Crippen molar-refractivity contribution in [2.75, 3.05) is 12.3 Å². The summed E-state index contributed by atoms with van der Waals surface area (Å²) in [5.41, 5.74) is 1.38. The minimum absolute atomic E-state index is 0.361. The highest BCUT2D eigenvalue weighted by Crippen LogP contribution is 2.33. The summed E-state index contributed by atoms with van der Waals surface area (Å²) in [5, 5.41) is 13.1. The molecule has 2 aromatic carbocycles. The van der Waals surface area contributed by atoms with Crippen LogP contribution in [0.3, 0.4) is 0 Å². The maximum atomic E-state index is 9.39. The summed E-state index contributed by atoms with van der Waals surface area (Å²) in [6.07, 6.45) is 4.99. The minimum atomic E-state index is 0.361. The molecule has 0 aromatic heterocycles. The van der Waals surface area contributed by atoms with Crippen molar-refractivity contribution in [2.24, 2.45) is 0 Å². The molecule has 0 amide bonds. The van der Waals surface area contributed by atoms with E-state index in [1.54, 1.807) is 12.1 Å². The molecule has 1 saturated carbocycles. The van der Waals surface area contributed by atoms with E-state index in [0.717, 1.165) is 12.3 Å². The average molecular weight is 327 g/mol. The molecule has 0 spiro atoms. The van der Waals surface area contributed by atoms with Crippen LogP contribution in [0.5, 0.6) is 5.75 Å². The third-order valence-corrected chi connectivity index (χ3v) is 5.65. The van der Waals surface area contributed by atoms with Gasteiger partial charge in [0.2, 0.25) is 0 Å². The molecule has 0 radical (unpaired) electrons. The van der Waals surface area contributed by atoms with Crippen molar-refractivity contribution in [1.29, 1.82) is 0 Å². The van der Waals surface area contributed by atoms with Gasteiger partial charge < -0.3 is 10.4 Å². The molecule has 23 heavy (non-hydrogen) atoms. The van der Waals surface area contributed by atoms with E-state index in [-0.39, 0.29) is 0 Å². The van der Waals surface area contributed by atoms with E-state index in [4.69, 9.17) is 0 Å². The Labute approximate surface area is 143 Å². The molecular weight excluding hydrogens is 302 g/mol. The van der Waals surface area contributed by atoms with E-state index in [9.17, 15) is 5.11 Å². The molecule has 122 valence electrons. The highest BCUT2D eigenvalue weighted by atomic mass is 32.2. The normalized spacial score (nSPS) is 21.2. The summed E-state index contributed by atoms with van der Waals surface area (Å²) in [5.74, 6) is 2.15. The van der Waals surface area contributed by atoms with E-state index in [2.05, 4.69) is 47.8 Å². The molecule has 1 aliphatic rings. The number of aromatic hydroxyl groups is 1. The van der Waals surface area contributed by atoms with Crippen molar-refractivity contribution < 1.29 is 5.11 Å². The van der Waals surface area contributed by atoms with E-state index >= 15 is 0 Å². The smallest absolute Gasteiger partial charge is 0.115 e.